The van der Waals surface area contributed by atoms with Crippen molar-refractivity contribution >= 4 is 34.3 Å². The Bertz CT molecular complexity index is 620. The molecule has 0 spiro atoms. The summed E-state index contributed by atoms with van der Waals surface area (Å²) in [5, 5.41) is 3.65. The number of hydrogen-bond donors (Lipinski definition) is 1. The van der Waals surface area contributed by atoms with Gasteiger partial charge in [-0.1, -0.05) is 12.8 Å². The van der Waals surface area contributed by atoms with Gasteiger partial charge < -0.3 is 10.1 Å². The summed E-state index contributed by atoms with van der Waals surface area (Å²) in [6.07, 6.45) is 7.49. The lowest BCUT2D eigenvalue weighted by Gasteiger charge is -2.26. The molecule has 1 amide bonds. The number of rotatable bonds is 4. The lowest BCUT2D eigenvalue weighted by molar-refractivity contribution is -0.126. The lowest BCUT2D eigenvalue weighted by atomic mass is 9.79. The molecule has 4 nitrogen and oxygen atoms in total. The molecule has 2 aliphatic rings. The molecule has 22 heavy (non-hydrogen) atoms. The van der Waals surface area contributed by atoms with E-state index in [-0.39, 0.29) is 23.5 Å². The third-order valence-corrected chi connectivity index (χ3v) is 6.05. The summed E-state index contributed by atoms with van der Waals surface area (Å²) in [6, 6.07) is 0. The molecule has 1 fully saturated rings. The highest BCUT2D eigenvalue weighted by molar-refractivity contribution is 7.17. The van der Waals surface area contributed by atoms with E-state index in [1.165, 1.54) is 16.2 Å². The highest BCUT2D eigenvalue weighted by atomic mass is 32.1. The molecule has 1 aromatic heterocycles. The number of hydrogen-bond acceptors (Lipinski definition) is 4. The second kappa shape index (κ2) is 6.32. The van der Waals surface area contributed by atoms with Crippen molar-refractivity contribution in [1.29, 1.82) is 0 Å². The molecule has 5 heteroatoms. The van der Waals surface area contributed by atoms with Crippen LogP contribution in [-0.4, -0.2) is 18.0 Å². The standard InChI is InChI=1S/C17H21NO3S/c1-10(20)15-13-7-4-8-14(13)22-17(15)18-16(21)12-6-3-2-5-11(12)9-19/h9,11-12H,2-8H2,1H3,(H,18,21). The molecule has 0 aromatic carbocycles. The molecule has 118 valence electrons. The van der Waals surface area contributed by atoms with Gasteiger partial charge in [-0.25, -0.2) is 0 Å². The molecule has 3 rings (SSSR count). The Morgan fingerprint density at radius 3 is 2.68 bits per heavy atom. The number of carbonyl (C=O) groups excluding carboxylic acids is 3. The fraction of sp³-hybridized carbons (Fsp3) is 0.588. The van der Waals surface area contributed by atoms with Crippen molar-refractivity contribution in [1.82, 2.24) is 0 Å². The maximum absolute atomic E-state index is 12.6. The molecule has 2 aliphatic carbocycles. The van der Waals surface area contributed by atoms with Crippen LogP contribution in [0, 0.1) is 11.8 Å². The van der Waals surface area contributed by atoms with E-state index in [4.69, 9.17) is 0 Å². The van der Waals surface area contributed by atoms with Gasteiger partial charge in [-0.15, -0.1) is 11.3 Å². The minimum atomic E-state index is -0.247. The van der Waals surface area contributed by atoms with Crippen molar-refractivity contribution < 1.29 is 14.4 Å². The summed E-state index contributed by atoms with van der Waals surface area (Å²) in [5.41, 5.74) is 1.83. The Morgan fingerprint density at radius 1 is 1.18 bits per heavy atom. The average molecular weight is 319 g/mol. The van der Waals surface area contributed by atoms with E-state index in [1.807, 2.05) is 0 Å². The molecule has 1 saturated carbocycles. The van der Waals surface area contributed by atoms with E-state index in [9.17, 15) is 14.4 Å². The van der Waals surface area contributed by atoms with Crippen molar-refractivity contribution in [2.45, 2.75) is 51.9 Å². The van der Waals surface area contributed by atoms with Crippen molar-refractivity contribution in [2.75, 3.05) is 5.32 Å². The molecule has 2 unspecified atom stereocenters. The largest absolute Gasteiger partial charge is 0.317 e. The first-order valence-electron chi connectivity index (χ1n) is 8.03. The van der Waals surface area contributed by atoms with Crippen LogP contribution in [0.5, 0.6) is 0 Å². The molecule has 1 heterocycles. The first-order valence-corrected chi connectivity index (χ1v) is 8.85. The Kier molecular flexibility index (Phi) is 4.43. The van der Waals surface area contributed by atoms with Crippen LogP contribution in [-0.2, 0) is 22.4 Å². The van der Waals surface area contributed by atoms with Gasteiger partial charge in [-0.3, -0.25) is 9.59 Å². The van der Waals surface area contributed by atoms with Gasteiger partial charge in [0.15, 0.2) is 5.78 Å². The molecule has 0 saturated heterocycles. The van der Waals surface area contributed by atoms with Crippen LogP contribution in [0.3, 0.4) is 0 Å². The summed E-state index contributed by atoms with van der Waals surface area (Å²) < 4.78 is 0. The number of aldehydes is 1. The van der Waals surface area contributed by atoms with E-state index in [0.29, 0.717) is 10.6 Å². The van der Waals surface area contributed by atoms with Gasteiger partial charge in [0.05, 0.1) is 5.56 Å². The third kappa shape index (κ3) is 2.74. The predicted octanol–water partition coefficient (Wildman–Crippen LogP) is 3.38. The van der Waals surface area contributed by atoms with Gasteiger partial charge >= 0.3 is 0 Å². The van der Waals surface area contributed by atoms with E-state index in [2.05, 4.69) is 5.32 Å². The van der Waals surface area contributed by atoms with Gasteiger partial charge in [0.2, 0.25) is 5.91 Å². The molecule has 1 N–H and O–H groups in total. The molecule has 0 aliphatic heterocycles. The summed E-state index contributed by atoms with van der Waals surface area (Å²) >= 11 is 1.54. The number of Topliss-reactive ketones (excluding diaryl/α,β-unsaturated/α-hetero) is 1. The van der Waals surface area contributed by atoms with Gasteiger partial charge in [0.25, 0.3) is 0 Å². The van der Waals surface area contributed by atoms with Crippen LogP contribution >= 0.6 is 11.3 Å². The van der Waals surface area contributed by atoms with E-state index >= 15 is 0 Å². The van der Waals surface area contributed by atoms with Crippen molar-refractivity contribution in [2.24, 2.45) is 11.8 Å². The second-order valence-electron chi connectivity index (χ2n) is 6.30. The Balaban J connectivity index is 1.82. The fourth-order valence-corrected chi connectivity index (χ4v) is 5.06. The topological polar surface area (TPSA) is 63.2 Å². The molecular weight excluding hydrogens is 298 g/mol. The maximum atomic E-state index is 12.6. The highest BCUT2D eigenvalue weighted by Gasteiger charge is 2.32. The number of ketones is 1. The minimum absolute atomic E-state index is 0.0188. The van der Waals surface area contributed by atoms with Gasteiger partial charge in [0, 0.05) is 16.7 Å². The summed E-state index contributed by atoms with van der Waals surface area (Å²) in [7, 11) is 0. The highest BCUT2D eigenvalue weighted by Crippen LogP contribution is 2.40. The first-order chi connectivity index (χ1) is 10.6. The maximum Gasteiger partial charge on any atom is 0.228 e. The average Bonchev–Trinajstić information content (AvgIpc) is 3.06. The predicted molar refractivity (Wildman–Crippen MR) is 86.5 cm³/mol. The zero-order chi connectivity index (χ0) is 15.7. The van der Waals surface area contributed by atoms with Crippen LogP contribution in [0.4, 0.5) is 5.00 Å². The number of thiophene rings is 1. The summed E-state index contributed by atoms with van der Waals surface area (Å²) in [5.74, 6) is -0.506. The number of carbonyl (C=O) groups is 3. The van der Waals surface area contributed by atoms with Crippen molar-refractivity contribution in [3.05, 3.63) is 16.0 Å². The monoisotopic (exact) mass is 319 g/mol. The SMILES string of the molecule is CC(=O)c1c(NC(=O)C2CCCCC2C=O)sc2c1CCC2. The minimum Gasteiger partial charge on any atom is -0.317 e. The van der Waals surface area contributed by atoms with Crippen LogP contribution < -0.4 is 5.32 Å². The van der Waals surface area contributed by atoms with Crippen LogP contribution in [0.15, 0.2) is 0 Å². The van der Waals surface area contributed by atoms with E-state index < -0.39 is 0 Å². The normalized spacial score (nSPS) is 23.9. The van der Waals surface area contributed by atoms with Gasteiger partial charge in [-0.05, 0) is 44.6 Å². The van der Waals surface area contributed by atoms with E-state index in [0.717, 1.165) is 56.8 Å². The number of fused-ring (bicyclic) bond motifs is 1. The van der Waals surface area contributed by atoms with Crippen molar-refractivity contribution in [3.63, 3.8) is 0 Å². The number of amides is 1. The van der Waals surface area contributed by atoms with Crippen LogP contribution in [0.1, 0.15) is 59.8 Å². The zero-order valence-electron chi connectivity index (χ0n) is 12.8. The Morgan fingerprint density at radius 2 is 1.95 bits per heavy atom. The second-order valence-corrected chi connectivity index (χ2v) is 7.40. The number of nitrogens with one attached hydrogen (secondary N) is 1. The van der Waals surface area contributed by atoms with Crippen molar-refractivity contribution in [3.8, 4) is 0 Å². The van der Waals surface area contributed by atoms with Gasteiger partial charge in [-0.2, -0.15) is 0 Å². The Labute approximate surface area is 134 Å². The molecule has 1 aromatic rings. The summed E-state index contributed by atoms with van der Waals surface area (Å²) in [4.78, 5) is 36.9. The smallest absolute Gasteiger partial charge is 0.228 e. The zero-order valence-corrected chi connectivity index (χ0v) is 13.6. The molecular formula is C17H21NO3S. The van der Waals surface area contributed by atoms with Gasteiger partial charge in [0.1, 0.15) is 11.3 Å². The summed E-state index contributed by atoms with van der Waals surface area (Å²) in [6.45, 7) is 1.56. The quantitative estimate of drug-likeness (QED) is 0.683. The molecule has 2 atom stereocenters. The number of aryl methyl sites for hydroxylation is 1. The fourth-order valence-electron chi connectivity index (χ4n) is 3.72. The molecule has 0 radical (unpaired) electrons. The first kappa shape index (κ1) is 15.4. The molecule has 0 bridgehead atoms. The van der Waals surface area contributed by atoms with Crippen LogP contribution in [0.25, 0.3) is 0 Å². The number of anilines is 1. The Hall–Kier alpha value is -1.49. The third-order valence-electron chi connectivity index (χ3n) is 4.84. The van der Waals surface area contributed by atoms with Crippen LogP contribution in [0.2, 0.25) is 0 Å². The van der Waals surface area contributed by atoms with E-state index in [1.54, 1.807) is 6.92 Å². The lowest BCUT2D eigenvalue weighted by Crippen LogP contribution is -2.32.